The number of hydrogen-bond donors (Lipinski definition) is 0. The molecule has 3 nitrogen and oxygen atoms in total. The van der Waals surface area contributed by atoms with Gasteiger partial charge in [-0.25, -0.2) is 9.97 Å². The molecule has 2 aromatic heterocycles. The van der Waals surface area contributed by atoms with Gasteiger partial charge in [0.25, 0.3) is 0 Å². The van der Waals surface area contributed by atoms with Crippen LogP contribution in [0.2, 0.25) is 0 Å². The van der Waals surface area contributed by atoms with Gasteiger partial charge in [0.05, 0.1) is 0 Å². The monoisotopic (exact) mass is 599 g/mol. The van der Waals surface area contributed by atoms with Gasteiger partial charge in [0, 0.05) is 24.2 Å². The van der Waals surface area contributed by atoms with E-state index < -0.39 is 0 Å². The Morgan fingerprint density at radius 1 is 0.383 bits per heavy atom. The topological polar surface area (TPSA) is 38.7 Å². The summed E-state index contributed by atoms with van der Waals surface area (Å²) in [5, 5.41) is 9.90. The number of pyridine rings is 1. The fraction of sp³-hybridized carbons (Fsp3) is 0.0227. The van der Waals surface area contributed by atoms with Crippen LogP contribution in [-0.4, -0.2) is 15.0 Å². The molecule has 0 atom stereocenters. The van der Waals surface area contributed by atoms with Crippen molar-refractivity contribution in [3.63, 3.8) is 0 Å². The molecule has 0 unspecified atom stereocenters. The van der Waals surface area contributed by atoms with E-state index in [-0.39, 0.29) is 0 Å². The summed E-state index contributed by atoms with van der Waals surface area (Å²) in [6.07, 6.45) is 5.42. The first-order valence-electron chi connectivity index (χ1n) is 15.9. The van der Waals surface area contributed by atoms with Crippen molar-refractivity contribution in [2.75, 3.05) is 0 Å². The Hall–Kier alpha value is -6.19. The third-order valence-corrected chi connectivity index (χ3v) is 9.24. The van der Waals surface area contributed by atoms with Crippen LogP contribution in [0.5, 0.6) is 0 Å². The maximum absolute atomic E-state index is 4.75. The highest BCUT2D eigenvalue weighted by molar-refractivity contribution is 6.22. The highest BCUT2D eigenvalue weighted by Gasteiger charge is 2.19. The molecule has 0 aliphatic rings. The molecule has 0 saturated carbocycles. The van der Waals surface area contributed by atoms with Crippen molar-refractivity contribution in [1.29, 1.82) is 0 Å². The number of aromatic nitrogens is 3. The van der Waals surface area contributed by atoms with Gasteiger partial charge in [-0.3, -0.25) is 4.98 Å². The summed E-state index contributed by atoms with van der Waals surface area (Å²) in [4.78, 5) is 13.5. The Kier molecular flexibility index (Phi) is 6.36. The lowest BCUT2D eigenvalue weighted by Crippen LogP contribution is -1.93. The van der Waals surface area contributed by atoms with Gasteiger partial charge in [-0.05, 0) is 108 Å². The number of fused-ring (bicyclic) bond motifs is 4. The molecule has 0 aliphatic carbocycles. The predicted octanol–water partition coefficient (Wildman–Crippen LogP) is 11.5. The van der Waals surface area contributed by atoms with Gasteiger partial charge < -0.3 is 0 Å². The highest BCUT2D eigenvalue weighted by Crippen LogP contribution is 2.46. The Bertz CT molecular complexity index is 2620. The summed E-state index contributed by atoms with van der Waals surface area (Å²) in [5.41, 5.74) is 9.09. The first-order chi connectivity index (χ1) is 23.2. The number of rotatable bonds is 4. The third-order valence-electron chi connectivity index (χ3n) is 9.24. The largest absolute Gasteiger partial charge is 0.252 e. The van der Waals surface area contributed by atoms with Gasteiger partial charge >= 0.3 is 0 Å². The van der Waals surface area contributed by atoms with Crippen molar-refractivity contribution in [3.8, 4) is 44.9 Å². The molecular weight excluding hydrogens is 571 g/mol. The summed E-state index contributed by atoms with van der Waals surface area (Å²) >= 11 is 0. The summed E-state index contributed by atoms with van der Waals surface area (Å²) < 4.78 is 0. The molecule has 7 aromatic carbocycles. The van der Waals surface area contributed by atoms with Crippen molar-refractivity contribution in [2.24, 2.45) is 0 Å². The molecule has 0 bridgehead atoms. The standard InChI is InChI=1S/C44H29N3/c1-28-11-18-37-39(23-28)42(34-14-12-29-7-2-4-9-31(29)24-34)38-19-16-33(36-17-20-41(47-27-36)44-45-21-6-22-46-44)26-40(38)43(37)35-15-13-30-8-3-5-10-32(30)25-35/h2-27H,1H3. The highest BCUT2D eigenvalue weighted by atomic mass is 14.9. The Morgan fingerprint density at radius 2 is 0.936 bits per heavy atom. The van der Waals surface area contributed by atoms with Gasteiger partial charge in [-0.15, -0.1) is 0 Å². The molecule has 47 heavy (non-hydrogen) atoms. The molecule has 220 valence electrons. The van der Waals surface area contributed by atoms with E-state index in [2.05, 4.69) is 144 Å². The number of nitrogens with zero attached hydrogens (tertiary/aromatic N) is 3. The molecule has 3 heteroatoms. The minimum atomic E-state index is 0.623. The molecule has 0 spiro atoms. The van der Waals surface area contributed by atoms with Crippen molar-refractivity contribution in [2.45, 2.75) is 6.92 Å². The van der Waals surface area contributed by atoms with E-state index in [9.17, 15) is 0 Å². The maximum atomic E-state index is 4.75. The fourth-order valence-corrected chi connectivity index (χ4v) is 6.96. The maximum Gasteiger partial charge on any atom is 0.178 e. The molecule has 0 aliphatic heterocycles. The van der Waals surface area contributed by atoms with Gasteiger partial charge in [0.2, 0.25) is 0 Å². The van der Waals surface area contributed by atoms with E-state index in [0.29, 0.717) is 5.82 Å². The van der Waals surface area contributed by atoms with Gasteiger partial charge in [0.1, 0.15) is 5.69 Å². The van der Waals surface area contributed by atoms with Crippen LogP contribution in [0.15, 0.2) is 158 Å². The van der Waals surface area contributed by atoms with Crippen LogP contribution in [0.3, 0.4) is 0 Å². The molecule has 2 heterocycles. The second kappa shape index (κ2) is 11.0. The smallest absolute Gasteiger partial charge is 0.178 e. The molecule has 0 saturated heterocycles. The van der Waals surface area contributed by atoms with Crippen LogP contribution in [0.1, 0.15) is 5.56 Å². The molecule has 9 aromatic rings. The molecule has 0 fully saturated rings. The van der Waals surface area contributed by atoms with Crippen LogP contribution in [0.4, 0.5) is 0 Å². The molecular formula is C44H29N3. The quantitative estimate of drug-likeness (QED) is 0.189. The lowest BCUT2D eigenvalue weighted by atomic mass is 9.84. The van der Waals surface area contributed by atoms with E-state index in [4.69, 9.17) is 4.98 Å². The predicted molar refractivity (Wildman–Crippen MR) is 196 cm³/mol. The minimum absolute atomic E-state index is 0.623. The van der Waals surface area contributed by atoms with Crippen LogP contribution < -0.4 is 0 Å². The zero-order chi connectivity index (χ0) is 31.3. The van der Waals surface area contributed by atoms with E-state index in [1.54, 1.807) is 12.4 Å². The van der Waals surface area contributed by atoms with Crippen LogP contribution >= 0.6 is 0 Å². The normalized spacial score (nSPS) is 11.5. The molecule has 0 N–H and O–H groups in total. The van der Waals surface area contributed by atoms with Crippen molar-refractivity contribution in [3.05, 3.63) is 164 Å². The first kappa shape index (κ1) is 27.1. The molecule has 9 rings (SSSR count). The minimum Gasteiger partial charge on any atom is -0.252 e. The summed E-state index contributed by atoms with van der Waals surface area (Å²) in [6.45, 7) is 2.18. The summed E-state index contributed by atoms with van der Waals surface area (Å²) in [7, 11) is 0. The number of hydrogen-bond acceptors (Lipinski definition) is 3. The fourth-order valence-electron chi connectivity index (χ4n) is 6.96. The van der Waals surface area contributed by atoms with Crippen molar-refractivity contribution < 1.29 is 0 Å². The third kappa shape index (κ3) is 4.72. The first-order valence-corrected chi connectivity index (χ1v) is 15.9. The van der Waals surface area contributed by atoms with Crippen LogP contribution in [0.25, 0.3) is 88.0 Å². The summed E-state index contributed by atoms with van der Waals surface area (Å²) in [6, 6.07) is 50.6. The van der Waals surface area contributed by atoms with Crippen LogP contribution in [-0.2, 0) is 0 Å². The Morgan fingerprint density at radius 3 is 1.55 bits per heavy atom. The lowest BCUT2D eigenvalue weighted by Gasteiger charge is -2.20. The van der Waals surface area contributed by atoms with E-state index >= 15 is 0 Å². The van der Waals surface area contributed by atoms with Gasteiger partial charge in [-0.2, -0.15) is 0 Å². The number of aryl methyl sites for hydroxylation is 1. The summed E-state index contributed by atoms with van der Waals surface area (Å²) in [5.74, 6) is 0.623. The van der Waals surface area contributed by atoms with E-state index in [0.717, 1.165) is 16.8 Å². The van der Waals surface area contributed by atoms with Crippen LogP contribution in [0, 0.1) is 6.92 Å². The Balaban J connectivity index is 1.34. The second-order valence-electron chi connectivity index (χ2n) is 12.2. The SMILES string of the molecule is Cc1ccc2c(-c3ccc4ccccc4c3)c3cc(-c4ccc(-c5ncccn5)nc4)ccc3c(-c3ccc4ccccc4c3)c2c1. The van der Waals surface area contributed by atoms with Gasteiger partial charge in [-0.1, -0.05) is 115 Å². The van der Waals surface area contributed by atoms with Gasteiger partial charge in [0.15, 0.2) is 5.82 Å². The molecule has 0 radical (unpaired) electrons. The van der Waals surface area contributed by atoms with Crippen molar-refractivity contribution in [1.82, 2.24) is 15.0 Å². The van der Waals surface area contributed by atoms with E-state index in [1.807, 2.05) is 18.3 Å². The Labute approximate surface area is 272 Å². The average molecular weight is 600 g/mol. The molecule has 0 amide bonds. The van der Waals surface area contributed by atoms with E-state index in [1.165, 1.54) is 70.9 Å². The number of benzene rings is 7. The average Bonchev–Trinajstić information content (AvgIpc) is 3.13. The zero-order valence-corrected chi connectivity index (χ0v) is 25.9. The van der Waals surface area contributed by atoms with Crippen molar-refractivity contribution >= 4 is 43.1 Å². The zero-order valence-electron chi connectivity index (χ0n) is 25.9. The lowest BCUT2D eigenvalue weighted by molar-refractivity contribution is 1.14. The second-order valence-corrected chi connectivity index (χ2v) is 12.2.